The molecule has 3 aromatic rings. The molecule has 3 nitrogen and oxygen atoms in total. The first-order valence-corrected chi connectivity index (χ1v) is 8.14. The molecule has 0 fully saturated rings. The molecular weight excluding hydrogens is 371 g/mol. The van der Waals surface area contributed by atoms with E-state index in [-0.39, 0.29) is 6.61 Å². The number of halogens is 3. The van der Waals surface area contributed by atoms with Crippen molar-refractivity contribution in [3.8, 4) is 11.3 Å². The lowest BCUT2D eigenvalue weighted by Gasteiger charge is -2.05. The summed E-state index contributed by atoms with van der Waals surface area (Å²) in [4.78, 5) is 12.0. The van der Waals surface area contributed by atoms with E-state index in [1.165, 1.54) is 0 Å². The SMILES string of the molecule is O=C(OCc1ccc(-c2cccc(Cl)c2Cl)o1)c1ccccc1Cl. The zero-order valence-corrected chi connectivity index (χ0v) is 14.5. The Hall–Kier alpha value is -1.94. The fourth-order valence-corrected chi connectivity index (χ4v) is 2.74. The highest BCUT2D eigenvalue weighted by Crippen LogP contribution is 2.34. The maximum Gasteiger partial charge on any atom is 0.340 e. The number of carbonyl (C=O) groups excluding carboxylic acids is 1. The minimum atomic E-state index is -0.515. The summed E-state index contributed by atoms with van der Waals surface area (Å²) in [5.41, 5.74) is 0.983. The van der Waals surface area contributed by atoms with Gasteiger partial charge in [0.15, 0.2) is 0 Å². The fraction of sp³-hybridized carbons (Fsp3) is 0.0556. The summed E-state index contributed by atoms with van der Waals surface area (Å²) in [6.45, 7) is -0.0117. The van der Waals surface area contributed by atoms with Crippen LogP contribution in [0.5, 0.6) is 0 Å². The summed E-state index contributed by atoms with van der Waals surface area (Å²) in [6.07, 6.45) is 0. The third kappa shape index (κ3) is 3.59. The Balaban J connectivity index is 1.72. The van der Waals surface area contributed by atoms with Crippen molar-refractivity contribution in [2.24, 2.45) is 0 Å². The van der Waals surface area contributed by atoms with Crippen LogP contribution < -0.4 is 0 Å². The molecule has 1 heterocycles. The van der Waals surface area contributed by atoms with Crippen LogP contribution in [0.2, 0.25) is 15.1 Å². The second kappa shape index (κ2) is 7.31. The van der Waals surface area contributed by atoms with Gasteiger partial charge in [0.25, 0.3) is 0 Å². The van der Waals surface area contributed by atoms with Gasteiger partial charge in [0.2, 0.25) is 0 Å². The number of ether oxygens (including phenoxy) is 1. The molecule has 0 atom stereocenters. The Morgan fingerprint density at radius 3 is 2.46 bits per heavy atom. The van der Waals surface area contributed by atoms with Gasteiger partial charge in [-0.05, 0) is 36.4 Å². The molecule has 0 saturated heterocycles. The van der Waals surface area contributed by atoms with Crippen molar-refractivity contribution in [1.82, 2.24) is 0 Å². The molecule has 0 bridgehead atoms. The number of rotatable bonds is 4. The lowest BCUT2D eigenvalue weighted by Crippen LogP contribution is -2.05. The zero-order valence-electron chi connectivity index (χ0n) is 12.3. The molecule has 0 aliphatic carbocycles. The van der Waals surface area contributed by atoms with E-state index < -0.39 is 5.97 Å². The van der Waals surface area contributed by atoms with Crippen LogP contribution in [-0.4, -0.2) is 5.97 Å². The Kier molecular flexibility index (Phi) is 5.14. The van der Waals surface area contributed by atoms with Crippen LogP contribution in [0.3, 0.4) is 0 Å². The molecule has 3 rings (SSSR count). The lowest BCUT2D eigenvalue weighted by atomic mass is 10.2. The van der Waals surface area contributed by atoms with Crippen molar-refractivity contribution >= 4 is 40.8 Å². The molecule has 122 valence electrons. The van der Waals surface area contributed by atoms with Crippen LogP contribution in [0.25, 0.3) is 11.3 Å². The first kappa shape index (κ1) is 16.9. The van der Waals surface area contributed by atoms with E-state index in [1.807, 2.05) is 0 Å². The first-order valence-electron chi connectivity index (χ1n) is 7.01. The fourth-order valence-electron chi connectivity index (χ4n) is 2.14. The van der Waals surface area contributed by atoms with Gasteiger partial charge in [0, 0.05) is 5.56 Å². The molecule has 0 saturated carbocycles. The highest BCUT2D eigenvalue weighted by molar-refractivity contribution is 6.43. The van der Waals surface area contributed by atoms with Crippen LogP contribution in [-0.2, 0) is 11.3 Å². The molecule has 0 radical (unpaired) electrons. The molecule has 0 spiro atoms. The molecule has 1 aromatic heterocycles. The Labute approximate surface area is 153 Å². The second-order valence-corrected chi connectivity index (χ2v) is 6.12. The van der Waals surface area contributed by atoms with Gasteiger partial charge in [-0.2, -0.15) is 0 Å². The second-order valence-electron chi connectivity index (χ2n) is 4.92. The molecule has 6 heteroatoms. The van der Waals surface area contributed by atoms with Crippen molar-refractivity contribution in [2.75, 3.05) is 0 Å². The maximum atomic E-state index is 12.0. The molecule has 24 heavy (non-hydrogen) atoms. The van der Waals surface area contributed by atoms with Gasteiger partial charge >= 0.3 is 5.97 Å². The molecule has 2 aromatic carbocycles. The van der Waals surface area contributed by atoms with E-state index in [2.05, 4.69) is 0 Å². The molecule has 0 amide bonds. The third-order valence-corrected chi connectivity index (χ3v) is 4.47. The molecule has 0 N–H and O–H groups in total. The number of esters is 1. The average Bonchev–Trinajstić information content (AvgIpc) is 3.04. The summed E-state index contributed by atoms with van der Waals surface area (Å²) < 4.78 is 10.9. The van der Waals surface area contributed by atoms with Crippen molar-refractivity contribution < 1.29 is 13.9 Å². The van der Waals surface area contributed by atoms with Gasteiger partial charge in [-0.3, -0.25) is 0 Å². The van der Waals surface area contributed by atoms with Crippen LogP contribution in [0.4, 0.5) is 0 Å². The Morgan fingerprint density at radius 1 is 0.917 bits per heavy atom. The van der Waals surface area contributed by atoms with Gasteiger partial charge in [0.05, 0.1) is 20.6 Å². The number of carbonyl (C=O) groups is 1. The largest absolute Gasteiger partial charge is 0.457 e. The summed E-state index contributed by atoms with van der Waals surface area (Å²) >= 11 is 18.1. The average molecular weight is 382 g/mol. The number of hydrogen-bond acceptors (Lipinski definition) is 3. The van der Waals surface area contributed by atoms with Crippen molar-refractivity contribution in [1.29, 1.82) is 0 Å². The van der Waals surface area contributed by atoms with Crippen LogP contribution in [0.15, 0.2) is 59.0 Å². The predicted molar refractivity (Wildman–Crippen MR) is 94.7 cm³/mol. The van der Waals surface area contributed by atoms with Crippen LogP contribution in [0, 0.1) is 0 Å². The normalized spacial score (nSPS) is 10.6. The number of benzene rings is 2. The van der Waals surface area contributed by atoms with Gasteiger partial charge in [0.1, 0.15) is 18.1 Å². The highest BCUT2D eigenvalue weighted by Gasteiger charge is 2.14. The minimum absolute atomic E-state index is 0.0117. The maximum absolute atomic E-state index is 12.0. The summed E-state index contributed by atoms with van der Waals surface area (Å²) in [6, 6.07) is 15.4. The Bertz CT molecular complexity index is 887. The van der Waals surface area contributed by atoms with Crippen molar-refractivity contribution in [3.63, 3.8) is 0 Å². The topological polar surface area (TPSA) is 39.4 Å². The van der Waals surface area contributed by atoms with E-state index in [1.54, 1.807) is 54.6 Å². The summed E-state index contributed by atoms with van der Waals surface area (Å²) in [5, 5.41) is 1.19. The molecular formula is C18H11Cl3O3. The summed E-state index contributed by atoms with van der Waals surface area (Å²) in [7, 11) is 0. The van der Waals surface area contributed by atoms with Gasteiger partial charge in [-0.25, -0.2) is 4.79 Å². The monoisotopic (exact) mass is 380 g/mol. The van der Waals surface area contributed by atoms with E-state index in [0.717, 1.165) is 0 Å². The van der Waals surface area contributed by atoms with Crippen LogP contribution >= 0.6 is 34.8 Å². The number of hydrogen-bond donors (Lipinski definition) is 0. The highest BCUT2D eigenvalue weighted by atomic mass is 35.5. The van der Waals surface area contributed by atoms with Crippen molar-refractivity contribution in [3.05, 3.63) is 81.0 Å². The van der Waals surface area contributed by atoms with E-state index in [4.69, 9.17) is 44.0 Å². The smallest absolute Gasteiger partial charge is 0.340 e. The van der Waals surface area contributed by atoms with E-state index >= 15 is 0 Å². The molecule has 0 unspecified atom stereocenters. The number of furan rings is 1. The van der Waals surface area contributed by atoms with Crippen molar-refractivity contribution in [2.45, 2.75) is 6.61 Å². The van der Waals surface area contributed by atoms with Gasteiger partial charge in [-0.15, -0.1) is 0 Å². The quantitative estimate of drug-likeness (QED) is 0.500. The first-order chi connectivity index (χ1) is 11.6. The molecule has 0 aliphatic heterocycles. The van der Waals surface area contributed by atoms with E-state index in [0.29, 0.717) is 37.7 Å². The standard InChI is InChI=1S/C18H11Cl3O3/c19-14-6-2-1-4-12(14)18(22)23-10-11-8-9-16(24-11)13-5-3-7-15(20)17(13)21/h1-9H,10H2. The predicted octanol–water partition coefficient (Wildman–Crippen LogP) is 6.26. The third-order valence-electron chi connectivity index (χ3n) is 3.32. The minimum Gasteiger partial charge on any atom is -0.457 e. The van der Waals surface area contributed by atoms with Gasteiger partial charge < -0.3 is 9.15 Å². The zero-order chi connectivity index (χ0) is 17.1. The lowest BCUT2D eigenvalue weighted by molar-refractivity contribution is 0.0446. The van der Waals surface area contributed by atoms with Gasteiger partial charge in [-0.1, -0.05) is 53.0 Å². The Morgan fingerprint density at radius 2 is 1.67 bits per heavy atom. The molecule has 0 aliphatic rings. The summed E-state index contributed by atoms with van der Waals surface area (Å²) in [5.74, 6) is 0.520. The van der Waals surface area contributed by atoms with E-state index in [9.17, 15) is 4.79 Å². The van der Waals surface area contributed by atoms with Crippen LogP contribution in [0.1, 0.15) is 16.1 Å².